The average Bonchev–Trinajstić information content (AvgIpc) is 2.70. The standard InChI is InChI=1S/C19H18ClN3O6/c1-28-18-5-3-2-4-12(18)9-29-10-13(24)8-22-11-21-16-7-15(20)17(23(26)27)6-14(16)19(22)25/h2-7,11,13,24H,8-10H2,1H3/t13-/m1/s1. The van der Waals surface area contributed by atoms with Gasteiger partial charge in [-0.15, -0.1) is 0 Å². The number of nitro benzene ring substituents is 1. The number of aliphatic hydroxyl groups is 1. The monoisotopic (exact) mass is 419 g/mol. The van der Waals surface area contributed by atoms with Crippen LogP contribution in [0.1, 0.15) is 5.56 Å². The van der Waals surface area contributed by atoms with Gasteiger partial charge < -0.3 is 14.6 Å². The van der Waals surface area contributed by atoms with Crippen LogP contribution in [0.25, 0.3) is 10.9 Å². The maximum atomic E-state index is 12.6. The minimum Gasteiger partial charge on any atom is -0.496 e. The number of para-hydroxylation sites is 1. The second-order valence-corrected chi connectivity index (χ2v) is 6.67. The van der Waals surface area contributed by atoms with Crippen LogP contribution in [0.2, 0.25) is 5.02 Å². The van der Waals surface area contributed by atoms with Gasteiger partial charge in [0.1, 0.15) is 10.8 Å². The maximum absolute atomic E-state index is 12.6. The fraction of sp³-hybridized carbons (Fsp3) is 0.263. The van der Waals surface area contributed by atoms with Crippen molar-refractivity contribution in [1.29, 1.82) is 0 Å². The van der Waals surface area contributed by atoms with Gasteiger partial charge in [-0.05, 0) is 12.1 Å². The van der Waals surface area contributed by atoms with E-state index in [-0.39, 0.29) is 41.4 Å². The zero-order valence-electron chi connectivity index (χ0n) is 15.4. The highest BCUT2D eigenvalue weighted by atomic mass is 35.5. The Morgan fingerprint density at radius 3 is 2.83 bits per heavy atom. The maximum Gasteiger partial charge on any atom is 0.288 e. The van der Waals surface area contributed by atoms with E-state index in [1.807, 2.05) is 18.2 Å². The number of methoxy groups -OCH3 is 1. The van der Waals surface area contributed by atoms with Gasteiger partial charge >= 0.3 is 0 Å². The molecule has 1 atom stereocenters. The molecule has 1 N–H and O–H groups in total. The predicted molar refractivity (Wildman–Crippen MR) is 106 cm³/mol. The topological polar surface area (TPSA) is 117 Å². The van der Waals surface area contributed by atoms with Crippen LogP contribution in [-0.2, 0) is 17.9 Å². The number of hydrogen-bond donors (Lipinski definition) is 1. The lowest BCUT2D eigenvalue weighted by atomic mass is 10.2. The van der Waals surface area contributed by atoms with Crippen molar-refractivity contribution >= 4 is 28.2 Å². The summed E-state index contributed by atoms with van der Waals surface area (Å²) in [4.78, 5) is 27.1. The first-order valence-electron chi connectivity index (χ1n) is 8.61. The summed E-state index contributed by atoms with van der Waals surface area (Å²) >= 11 is 5.85. The summed E-state index contributed by atoms with van der Waals surface area (Å²) in [6, 6.07) is 9.71. The molecule has 29 heavy (non-hydrogen) atoms. The SMILES string of the molecule is COc1ccccc1COC[C@H](O)Cn1cnc2cc(Cl)c([N+](=O)[O-])cc2c1=O. The Morgan fingerprint density at radius 1 is 1.34 bits per heavy atom. The minimum absolute atomic E-state index is 0.0245. The zero-order chi connectivity index (χ0) is 21.0. The van der Waals surface area contributed by atoms with Crippen molar-refractivity contribution in [3.05, 3.63) is 73.8 Å². The summed E-state index contributed by atoms with van der Waals surface area (Å²) in [5, 5.41) is 21.2. The molecule has 3 aromatic rings. The summed E-state index contributed by atoms with van der Waals surface area (Å²) in [5.74, 6) is 0.678. The molecule has 0 spiro atoms. The van der Waals surface area contributed by atoms with E-state index in [0.717, 1.165) is 11.6 Å². The molecular weight excluding hydrogens is 402 g/mol. The van der Waals surface area contributed by atoms with Crippen LogP contribution >= 0.6 is 11.6 Å². The molecule has 0 aliphatic carbocycles. The average molecular weight is 420 g/mol. The number of nitrogens with zero attached hydrogens (tertiary/aromatic N) is 3. The molecule has 0 amide bonds. The lowest BCUT2D eigenvalue weighted by molar-refractivity contribution is -0.384. The Morgan fingerprint density at radius 2 is 2.10 bits per heavy atom. The van der Waals surface area contributed by atoms with Crippen LogP contribution < -0.4 is 10.3 Å². The highest BCUT2D eigenvalue weighted by Crippen LogP contribution is 2.27. The Bertz CT molecular complexity index is 1100. The molecule has 2 aromatic carbocycles. The van der Waals surface area contributed by atoms with E-state index in [4.69, 9.17) is 21.1 Å². The number of benzene rings is 2. The predicted octanol–water partition coefficient (Wildman–Crippen LogP) is 2.54. The zero-order valence-corrected chi connectivity index (χ0v) is 16.2. The summed E-state index contributed by atoms with van der Waals surface area (Å²) in [6.45, 7) is 0.129. The fourth-order valence-electron chi connectivity index (χ4n) is 2.85. The molecule has 9 nitrogen and oxygen atoms in total. The van der Waals surface area contributed by atoms with E-state index >= 15 is 0 Å². The van der Waals surface area contributed by atoms with Crippen LogP contribution in [0, 0.1) is 10.1 Å². The van der Waals surface area contributed by atoms with Gasteiger partial charge in [-0.1, -0.05) is 29.8 Å². The number of nitro groups is 1. The van der Waals surface area contributed by atoms with E-state index in [0.29, 0.717) is 5.75 Å². The first-order chi connectivity index (χ1) is 13.9. The van der Waals surface area contributed by atoms with Crippen molar-refractivity contribution in [3.8, 4) is 5.75 Å². The summed E-state index contributed by atoms with van der Waals surface area (Å²) in [7, 11) is 1.56. The van der Waals surface area contributed by atoms with Crippen molar-refractivity contribution in [2.45, 2.75) is 19.3 Å². The molecule has 0 fully saturated rings. The van der Waals surface area contributed by atoms with Crippen LogP contribution in [0.4, 0.5) is 5.69 Å². The molecule has 1 aromatic heterocycles. The highest BCUT2D eigenvalue weighted by molar-refractivity contribution is 6.33. The highest BCUT2D eigenvalue weighted by Gasteiger charge is 2.17. The summed E-state index contributed by atoms with van der Waals surface area (Å²) < 4.78 is 11.9. The second kappa shape index (κ2) is 8.99. The smallest absolute Gasteiger partial charge is 0.288 e. The van der Waals surface area contributed by atoms with Crippen LogP contribution in [0.15, 0.2) is 47.5 Å². The molecule has 10 heteroatoms. The molecule has 3 rings (SSSR count). The first-order valence-corrected chi connectivity index (χ1v) is 8.99. The Kier molecular flexibility index (Phi) is 6.42. The van der Waals surface area contributed by atoms with Crippen molar-refractivity contribution < 1.29 is 19.5 Å². The van der Waals surface area contributed by atoms with E-state index in [9.17, 15) is 20.0 Å². The summed E-state index contributed by atoms with van der Waals surface area (Å²) in [6.07, 6.45) is 0.278. The van der Waals surface area contributed by atoms with Gasteiger partial charge in [0.15, 0.2) is 0 Å². The van der Waals surface area contributed by atoms with E-state index in [1.54, 1.807) is 13.2 Å². The van der Waals surface area contributed by atoms with E-state index in [2.05, 4.69) is 4.98 Å². The number of aliphatic hydroxyl groups excluding tert-OH is 1. The Hall–Kier alpha value is -3.01. The largest absolute Gasteiger partial charge is 0.496 e. The van der Waals surface area contributed by atoms with Crippen LogP contribution in [0.5, 0.6) is 5.75 Å². The minimum atomic E-state index is -0.982. The molecule has 0 unspecified atom stereocenters. The van der Waals surface area contributed by atoms with E-state index < -0.39 is 16.6 Å². The van der Waals surface area contributed by atoms with Gasteiger partial charge in [-0.2, -0.15) is 0 Å². The number of ether oxygens (including phenoxy) is 2. The van der Waals surface area contributed by atoms with Crippen molar-refractivity contribution in [1.82, 2.24) is 9.55 Å². The van der Waals surface area contributed by atoms with Crippen molar-refractivity contribution in [2.75, 3.05) is 13.7 Å². The molecule has 1 heterocycles. The lowest BCUT2D eigenvalue weighted by Gasteiger charge is -2.14. The van der Waals surface area contributed by atoms with Gasteiger partial charge in [0.2, 0.25) is 0 Å². The van der Waals surface area contributed by atoms with Gasteiger partial charge in [-0.3, -0.25) is 19.5 Å². The molecule has 0 saturated carbocycles. The van der Waals surface area contributed by atoms with Gasteiger partial charge in [-0.25, -0.2) is 4.98 Å². The molecule has 152 valence electrons. The van der Waals surface area contributed by atoms with Gasteiger partial charge in [0.25, 0.3) is 11.2 Å². The lowest BCUT2D eigenvalue weighted by Crippen LogP contribution is -2.29. The van der Waals surface area contributed by atoms with Gasteiger partial charge in [0.05, 0.1) is 55.1 Å². The molecule has 0 radical (unpaired) electrons. The quantitative estimate of drug-likeness (QED) is 0.440. The fourth-order valence-corrected chi connectivity index (χ4v) is 3.07. The number of rotatable bonds is 8. The van der Waals surface area contributed by atoms with Crippen LogP contribution in [-0.4, -0.2) is 39.4 Å². The Balaban J connectivity index is 1.70. The third kappa shape index (κ3) is 4.70. The summed E-state index contributed by atoms with van der Waals surface area (Å²) in [5.41, 5.74) is 0.176. The van der Waals surface area contributed by atoms with Crippen LogP contribution in [0.3, 0.4) is 0 Å². The van der Waals surface area contributed by atoms with Gasteiger partial charge in [0, 0.05) is 11.6 Å². The third-order valence-corrected chi connectivity index (χ3v) is 4.56. The van der Waals surface area contributed by atoms with E-state index in [1.165, 1.54) is 17.0 Å². The third-order valence-electron chi connectivity index (χ3n) is 4.26. The van der Waals surface area contributed by atoms with Crippen molar-refractivity contribution in [2.24, 2.45) is 0 Å². The second-order valence-electron chi connectivity index (χ2n) is 6.26. The number of hydrogen-bond acceptors (Lipinski definition) is 7. The number of halogens is 1. The molecule has 0 saturated heterocycles. The first kappa shape index (κ1) is 20.7. The number of fused-ring (bicyclic) bond motifs is 1. The normalized spacial score (nSPS) is 12.1. The number of aromatic nitrogens is 2. The van der Waals surface area contributed by atoms with Crippen molar-refractivity contribution in [3.63, 3.8) is 0 Å². The molecule has 0 bridgehead atoms. The molecule has 0 aliphatic rings. The molecular formula is C19H18ClN3O6. The Labute approximate surface area is 170 Å². The molecule has 0 aliphatic heterocycles.